The van der Waals surface area contributed by atoms with Crippen molar-refractivity contribution in [3.63, 3.8) is 0 Å². The molecule has 1 heterocycles. The Hall–Kier alpha value is -3.09. The monoisotopic (exact) mass is 414 g/mol. The predicted molar refractivity (Wildman–Crippen MR) is 112 cm³/mol. The highest BCUT2D eigenvalue weighted by molar-refractivity contribution is 5.96. The van der Waals surface area contributed by atoms with E-state index < -0.39 is 0 Å². The Balaban J connectivity index is 1.63. The van der Waals surface area contributed by atoms with Crippen LogP contribution in [0, 0.1) is 5.82 Å². The van der Waals surface area contributed by atoms with E-state index in [2.05, 4.69) is 0 Å². The molecule has 7 heteroatoms. The van der Waals surface area contributed by atoms with E-state index in [1.54, 1.807) is 28.0 Å². The number of benzene rings is 2. The minimum Gasteiger partial charge on any atom is -0.490 e. The maximum absolute atomic E-state index is 13.1. The number of hydrogen-bond acceptors (Lipinski definition) is 4. The van der Waals surface area contributed by atoms with Gasteiger partial charge in [0, 0.05) is 37.3 Å². The lowest BCUT2D eigenvalue weighted by molar-refractivity contribution is 0.0535. The third-order valence-electron chi connectivity index (χ3n) is 4.90. The molecule has 0 aliphatic carbocycles. The molecule has 0 unspecified atom stereocenters. The first-order chi connectivity index (χ1) is 14.5. The molecule has 0 aromatic heterocycles. The van der Waals surface area contributed by atoms with Crippen molar-refractivity contribution in [2.75, 3.05) is 39.4 Å². The van der Waals surface area contributed by atoms with Crippen LogP contribution in [0.2, 0.25) is 0 Å². The molecule has 160 valence electrons. The van der Waals surface area contributed by atoms with E-state index in [-0.39, 0.29) is 17.6 Å². The molecule has 1 aliphatic heterocycles. The summed E-state index contributed by atoms with van der Waals surface area (Å²) in [6.45, 7) is 6.69. The van der Waals surface area contributed by atoms with Crippen LogP contribution < -0.4 is 9.47 Å². The smallest absolute Gasteiger partial charge is 0.254 e. The van der Waals surface area contributed by atoms with Crippen LogP contribution in [0.1, 0.15) is 41.0 Å². The van der Waals surface area contributed by atoms with Gasteiger partial charge in [-0.3, -0.25) is 9.59 Å². The molecule has 2 aromatic rings. The maximum Gasteiger partial charge on any atom is 0.254 e. The number of amides is 2. The second-order valence-electron chi connectivity index (χ2n) is 7.03. The molecule has 0 N–H and O–H groups in total. The van der Waals surface area contributed by atoms with Gasteiger partial charge in [0.25, 0.3) is 11.8 Å². The van der Waals surface area contributed by atoms with Crippen molar-refractivity contribution in [2.24, 2.45) is 0 Å². The van der Waals surface area contributed by atoms with E-state index in [0.717, 1.165) is 6.42 Å². The Morgan fingerprint density at radius 3 is 1.97 bits per heavy atom. The second-order valence-corrected chi connectivity index (χ2v) is 7.03. The Labute approximate surface area is 176 Å². The molecule has 0 bridgehead atoms. The van der Waals surface area contributed by atoms with Crippen molar-refractivity contribution in [3.8, 4) is 11.5 Å². The lowest BCUT2D eigenvalue weighted by atomic mass is 10.1. The third kappa shape index (κ3) is 5.09. The van der Waals surface area contributed by atoms with E-state index >= 15 is 0 Å². The molecule has 0 radical (unpaired) electrons. The number of hydrogen-bond donors (Lipinski definition) is 0. The molecule has 1 saturated heterocycles. The van der Waals surface area contributed by atoms with Crippen molar-refractivity contribution >= 4 is 11.8 Å². The zero-order valence-electron chi connectivity index (χ0n) is 17.4. The zero-order chi connectivity index (χ0) is 21.5. The first-order valence-corrected chi connectivity index (χ1v) is 10.3. The van der Waals surface area contributed by atoms with Gasteiger partial charge in [0.1, 0.15) is 5.82 Å². The molecule has 0 spiro atoms. The average Bonchev–Trinajstić information content (AvgIpc) is 2.78. The molecule has 2 aromatic carbocycles. The molecular formula is C23H27FN2O4. The fraction of sp³-hybridized carbons (Fsp3) is 0.391. The quantitative estimate of drug-likeness (QED) is 0.695. The summed E-state index contributed by atoms with van der Waals surface area (Å²) in [6.07, 6.45) is 0.882. The summed E-state index contributed by atoms with van der Waals surface area (Å²) in [5, 5.41) is 0. The van der Waals surface area contributed by atoms with Crippen LogP contribution in [0.25, 0.3) is 0 Å². The topological polar surface area (TPSA) is 59.1 Å². The summed E-state index contributed by atoms with van der Waals surface area (Å²) in [6, 6.07) is 10.7. The molecule has 1 aliphatic rings. The number of carbonyl (C=O) groups is 2. The highest BCUT2D eigenvalue weighted by Crippen LogP contribution is 2.29. The lowest BCUT2D eigenvalue weighted by Gasteiger charge is -2.35. The predicted octanol–water partition coefficient (Wildman–Crippen LogP) is 3.61. The molecule has 6 nitrogen and oxygen atoms in total. The molecule has 0 atom stereocenters. The minimum atomic E-state index is -0.375. The molecular weight excluding hydrogens is 387 g/mol. The van der Waals surface area contributed by atoms with Gasteiger partial charge in [0.05, 0.1) is 13.2 Å². The van der Waals surface area contributed by atoms with E-state index in [0.29, 0.717) is 62.0 Å². The van der Waals surface area contributed by atoms with E-state index in [4.69, 9.17) is 9.47 Å². The highest BCUT2D eigenvalue weighted by Gasteiger charge is 2.26. The number of carbonyl (C=O) groups excluding carboxylic acids is 2. The summed E-state index contributed by atoms with van der Waals surface area (Å²) >= 11 is 0. The number of rotatable bonds is 7. The van der Waals surface area contributed by atoms with Crippen molar-refractivity contribution in [1.82, 2.24) is 9.80 Å². The van der Waals surface area contributed by atoms with Crippen LogP contribution >= 0.6 is 0 Å². The highest BCUT2D eigenvalue weighted by atomic mass is 19.1. The lowest BCUT2D eigenvalue weighted by Crippen LogP contribution is -2.50. The summed E-state index contributed by atoms with van der Waals surface area (Å²) < 4.78 is 24.4. The van der Waals surface area contributed by atoms with Crippen LogP contribution in [-0.4, -0.2) is 61.0 Å². The Morgan fingerprint density at radius 2 is 1.40 bits per heavy atom. The maximum atomic E-state index is 13.1. The van der Waals surface area contributed by atoms with Gasteiger partial charge in [-0.1, -0.05) is 6.92 Å². The van der Waals surface area contributed by atoms with Crippen molar-refractivity contribution < 1.29 is 23.5 Å². The summed E-state index contributed by atoms with van der Waals surface area (Å²) in [5.74, 6) is 0.552. The fourth-order valence-corrected chi connectivity index (χ4v) is 3.31. The molecule has 1 fully saturated rings. The molecule has 3 rings (SSSR count). The SMILES string of the molecule is CCCOc1ccc(C(=O)N2CCN(C(=O)c3ccc(F)cc3)CC2)cc1OCC. The molecule has 2 amide bonds. The van der Waals surface area contributed by atoms with E-state index in [9.17, 15) is 14.0 Å². The molecule has 30 heavy (non-hydrogen) atoms. The van der Waals surface area contributed by atoms with Gasteiger partial charge >= 0.3 is 0 Å². The minimum absolute atomic E-state index is 0.105. The Bertz CT molecular complexity index is 877. The largest absolute Gasteiger partial charge is 0.490 e. The Kier molecular flexibility index (Phi) is 7.27. The van der Waals surface area contributed by atoms with Crippen LogP contribution in [0.3, 0.4) is 0 Å². The number of ether oxygens (including phenoxy) is 2. The first kappa shape index (κ1) is 21.6. The van der Waals surface area contributed by atoms with Gasteiger partial charge < -0.3 is 19.3 Å². The number of halogens is 1. The van der Waals surface area contributed by atoms with Crippen LogP contribution in [0.5, 0.6) is 11.5 Å². The number of nitrogens with zero attached hydrogens (tertiary/aromatic N) is 2. The summed E-state index contributed by atoms with van der Waals surface area (Å²) in [7, 11) is 0. The number of piperazine rings is 1. The van der Waals surface area contributed by atoms with Crippen LogP contribution in [0.4, 0.5) is 4.39 Å². The van der Waals surface area contributed by atoms with Crippen molar-refractivity contribution in [3.05, 3.63) is 59.4 Å². The second kappa shape index (κ2) is 10.1. The van der Waals surface area contributed by atoms with Crippen LogP contribution in [-0.2, 0) is 0 Å². The van der Waals surface area contributed by atoms with Gasteiger partial charge in [0.2, 0.25) is 0 Å². The first-order valence-electron chi connectivity index (χ1n) is 10.3. The molecule has 0 saturated carbocycles. The summed E-state index contributed by atoms with van der Waals surface area (Å²) in [4.78, 5) is 28.9. The van der Waals surface area contributed by atoms with Crippen molar-refractivity contribution in [1.29, 1.82) is 0 Å². The van der Waals surface area contributed by atoms with Gasteiger partial charge in [0.15, 0.2) is 11.5 Å². The van der Waals surface area contributed by atoms with E-state index in [1.165, 1.54) is 24.3 Å². The average molecular weight is 414 g/mol. The van der Waals surface area contributed by atoms with Crippen LogP contribution in [0.15, 0.2) is 42.5 Å². The normalized spacial score (nSPS) is 13.8. The fourth-order valence-electron chi connectivity index (χ4n) is 3.31. The third-order valence-corrected chi connectivity index (χ3v) is 4.90. The van der Waals surface area contributed by atoms with Gasteiger partial charge in [-0.05, 0) is 55.8 Å². The standard InChI is InChI=1S/C23H27FN2O4/c1-3-15-30-20-10-7-18(16-21(20)29-4-2)23(28)26-13-11-25(12-14-26)22(27)17-5-8-19(24)9-6-17/h5-10,16H,3-4,11-15H2,1-2H3. The zero-order valence-corrected chi connectivity index (χ0v) is 17.4. The van der Waals surface area contributed by atoms with Gasteiger partial charge in [-0.2, -0.15) is 0 Å². The van der Waals surface area contributed by atoms with Gasteiger partial charge in [-0.25, -0.2) is 4.39 Å². The summed E-state index contributed by atoms with van der Waals surface area (Å²) in [5.41, 5.74) is 0.973. The van der Waals surface area contributed by atoms with Gasteiger partial charge in [-0.15, -0.1) is 0 Å². The Morgan fingerprint density at radius 1 is 0.833 bits per heavy atom. The van der Waals surface area contributed by atoms with Crippen molar-refractivity contribution in [2.45, 2.75) is 20.3 Å². The van der Waals surface area contributed by atoms with E-state index in [1.807, 2.05) is 13.8 Å².